The van der Waals surface area contributed by atoms with Crippen molar-refractivity contribution in [2.45, 2.75) is 12.8 Å². The van der Waals surface area contributed by atoms with Gasteiger partial charge in [-0.25, -0.2) is 12.2 Å². The predicted molar refractivity (Wildman–Crippen MR) is 45.7 cm³/mol. The van der Waals surface area contributed by atoms with Crippen molar-refractivity contribution >= 4 is 5.91 Å². The molecular weight excluding hydrogens is 210 g/mol. The Morgan fingerprint density at radius 2 is 2.46 bits per heavy atom. The third kappa shape index (κ3) is 5.25. The molecule has 0 atom stereocenters. The second-order valence-corrected chi connectivity index (χ2v) is 2.11. The number of carbonyl (C=O) groups excluding carboxylic acids is 1. The molecule has 0 aromatic carbocycles. The van der Waals surface area contributed by atoms with Crippen molar-refractivity contribution in [3.8, 4) is 0 Å². The van der Waals surface area contributed by atoms with E-state index in [9.17, 15) is 4.79 Å². The van der Waals surface area contributed by atoms with Crippen LogP contribution in [0.2, 0.25) is 0 Å². The first-order valence-electron chi connectivity index (χ1n) is 3.17. The zero-order valence-corrected chi connectivity index (χ0v) is 8.28. The van der Waals surface area contributed by atoms with Crippen LogP contribution in [-0.4, -0.2) is 5.91 Å². The van der Waals surface area contributed by atoms with E-state index < -0.39 is 5.91 Å². The van der Waals surface area contributed by atoms with E-state index in [1.54, 1.807) is 6.08 Å². The van der Waals surface area contributed by atoms with Crippen LogP contribution in [0.15, 0.2) is 22.8 Å². The minimum atomic E-state index is -0.446. The van der Waals surface area contributed by atoms with E-state index in [0.717, 1.165) is 12.0 Å². The summed E-state index contributed by atoms with van der Waals surface area (Å²) < 4.78 is 0. The van der Waals surface area contributed by atoms with Gasteiger partial charge in [-0.05, 0) is 10.6 Å². The molecule has 4 nitrogen and oxygen atoms in total. The van der Waals surface area contributed by atoms with E-state index in [-0.39, 0.29) is 30.9 Å². The summed E-state index contributed by atoms with van der Waals surface area (Å²) in [7, 11) is 0. The number of hydrogen-bond acceptors (Lipinski definition) is 1. The van der Waals surface area contributed by atoms with Crippen LogP contribution in [0, 0.1) is 13.5 Å². The zero-order chi connectivity index (χ0) is 8.10. The Balaban J connectivity index is 0. The van der Waals surface area contributed by atoms with Crippen molar-refractivity contribution in [2.24, 2.45) is 5.11 Å². The van der Waals surface area contributed by atoms with E-state index in [0.29, 0.717) is 0 Å². The summed E-state index contributed by atoms with van der Waals surface area (Å²) in [5.74, 6) is -0.446. The molecule has 0 aromatic heterocycles. The standard InChI is InChI=1S/C7H6N3O.CH3.Fe/c8-10-9-7(11)5-6-3-1-2-4-6;;/h1-2H,3,5H2;1H3;/q2*-1;+2. The van der Waals surface area contributed by atoms with Crippen molar-refractivity contribution in [3.05, 3.63) is 41.7 Å². The fourth-order valence-corrected chi connectivity index (χ4v) is 0.828. The quantitative estimate of drug-likeness (QED) is 0.231. The molecule has 0 fully saturated rings. The van der Waals surface area contributed by atoms with Gasteiger partial charge in [-0.2, -0.15) is 5.57 Å². The molecule has 0 saturated heterocycles. The first-order valence-corrected chi connectivity index (χ1v) is 3.17. The van der Waals surface area contributed by atoms with Crippen LogP contribution in [-0.2, 0) is 21.9 Å². The van der Waals surface area contributed by atoms with Crippen LogP contribution in [0.5, 0.6) is 0 Å². The Morgan fingerprint density at radius 1 is 1.77 bits per heavy atom. The Kier molecular flexibility index (Phi) is 8.50. The van der Waals surface area contributed by atoms with E-state index in [2.05, 4.69) is 16.1 Å². The Hall–Kier alpha value is -1.02. The molecular formula is C8H9FeN3O. The molecule has 1 aliphatic rings. The zero-order valence-electron chi connectivity index (χ0n) is 7.17. The number of carbonyl (C=O) groups is 1. The molecule has 0 aliphatic heterocycles. The van der Waals surface area contributed by atoms with Crippen molar-refractivity contribution < 1.29 is 21.9 Å². The number of amides is 1. The minimum Gasteiger partial charge on any atom is -0.358 e. The van der Waals surface area contributed by atoms with Gasteiger partial charge in [0.2, 0.25) is 5.91 Å². The monoisotopic (exact) mass is 219 g/mol. The molecule has 0 N–H and O–H groups in total. The minimum absolute atomic E-state index is 0. The maximum absolute atomic E-state index is 10.7. The molecule has 5 heteroatoms. The smallest absolute Gasteiger partial charge is 0.358 e. The van der Waals surface area contributed by atoms with Gasteiger partial charge in [0.05, 0.1) is 0 Å². The summed E-state index contributed by atoms with van der Waals surface area (Å²) in [5.41, 5.74) is 8.78. The van der Waals surface area contributed by atoms with Gasteiger partial charge in [0.1, 0.15) is 0 Å². The Morgan fingerprint density at radius 3 is 2.92 bits per heavy atom. The first-order chi connectivity index (χ1) is 5.33. The average molecular weight is 219 g/mol. The number of hydrogen-bond donors (Lipinski definition) is 0. The van der Waals surface area contributed by atoms with Gasteiger partial charge in [0.15, 0.2) is 0 Å². The second-order valence-electron chi connectivity index (χ2n) is 2.11. The van der Waals surface area contributed by atoms with Crippen molar-refractivity contribution in [1.29, 1.82) is 0 Å². The molecule has 0 heterocycles. The summed E-state index contributed by atoms with van der Waals surface area (Å²) in [6.45, 7) is 0. The maximum atomic E-state index is 10.7. The van der Waals surface area contributed by atoms with Gasteiger partial charge in [-0.3, -0.25) is 10.9 Å². The van der Waals surface area contributed by atoms with Gasteiger partial charge in [-0.1, -0.05) is 6.42 Å². The van der Waals surface area contributed by atoms with Crippen LogP contribution >= 0.6 is 0 Å². The van der Waals surface area contributed by atoms with Crippen LogP contribution in [0.1, 0.15) is 12.8 Å². The van der Waals surface area contributed by atoms with E-state index in [1.165, 1.54) is 0 Å². The molecule has 0 spiro atoms. The molecule has 13 heavy (non-hydrogen) atoms. The number of rotatable bonds is 2. The van der Waals surface area contributed by atoms with Crippen LogP contribution in [0.4, 0.5) is 0 Å². The summed E-state index contributed by atoms with van der Waals surface area (Å²) in [6.07, 6.45) is 7.48. The number of azide groups is 1. The van der Waals surface area contributed by atoms with E-state index in [1.807, 2.05) is 6.08 Å². The third-order valence-electron chi connectivity index (χ3n) is 1.29. The van der Waals surface area contributed by atoms with Gasteiger partial charge < -0.3 is 7.43 Å². The van der Waals surface area contributed by atoms with Crippen molar-refractivity contribution in [1.82, 2.24) is 0 Å². The molecule has 0 aromatic rings. The molecule has 0 saturated carbocycles. The normalized spacial score (nSPS) is 11.8. The summed E-state index contributed by atoms with van der Waals surface area (Å²) >= 11 is 0. The van der Waals surface area contributed by atoms with Crippen molar-refractivity contribution in [3.63, 3.8) is 0 Å². The number of nitrogens with zero attached hydrogens (tertiary/aromatic N) is 3. The van der Waals surface area contributed by atoms with Gasteiger partial charge in [-0.15, -0.1) is 0 Å². The average Bonchev–Trinajstić information content (AvgIpc) is 2.40. The Bertz CT molecular complexity index is 277. The van der Waals surface area contributed by atoms with Crippen LogP contribution < -0.4 is 0 Å². The van der Waals surface area contributed by atoms with Gasteiger partial charge >= 0.3 is 17.1 Å². The molecule has 1 aliphatic carbocycles. The van der Waals surface area contributed by atoms with Gasteiger partial charge in [0.25, 0.3) is 0 Å². The molecule has 0 unspecified atom stereocenters. The SMILES string of the molecule is [CH3-].[Fe+2].[N-]=[N+]=NC(=O)CC1=[C-]C=CC1. The molecule has 0 radical (unpaired) electrons. The third-order valence-corrected chi connectivity index (χ3v) is 1.29. The Labute approximate surface area is 87.8 Å². The molecule has 1 rings (SSSR count). The topological polar surface area (TPSA) is 65.8 Å². The van der Waals surface area contributed by atoms with Gasteiger partial charge in [0, 0.05) is 11.3 Å². The van der Waals surface area contributed by atoms with Crippen molar-refractivity contribution in [2.75, 3.05) is 0 Å². The largest absolute Gasteiger partial charge is 2.00 e. The molecule has 0 bridgehead atoms. The maximum Gasteiger partial charge on any atom is 2.00 e. The summed E-state index contributed by atoms with van der Waals surface area (Å²) in [4.78, 5) is 13.1. The van der Waals surface area contributed by atoms with Crippen LogP contribution in [0.25, 0.3) is 10.4 Å². The fourth-order valence-electron chi connectivity index (χ4n) is 0.828. The van der Waals surface area contributed by atoms with E-state index >= 15 is 0 Å². The number of allylic oxidation sites excluding steroid dienone is 3. The predicted octanol–water partition coefficient (Wildman–Crippen LogP) is 2.35. The van der Waals surface area contributed by atoms with E-state index in [4.69, 9.17) is 5.53 Å². The summed E-state index contributed by atoms with van der Waals surface area (Å²) in [6, 6.07) is 0. The molecule has 1 amide bonds. The fraction of sp³-hybridized carbons (Fsp3) is 0.250. The second kappa shape index (κ2) is 7.62. The summed E-state index contributed by atoms with van der Waals surface area (Å²) in [5, 5.41) is 2.94. The first kappa shape index (κ1) is 14.5. The molecule has 70 valence electrons. The van der Waals surface area contributed by atoms with Crippen LogP contribution in [0.3, 0.4) is 0 Å².